The highest BCUT2D eigenvalue weighted by atomic mass is 35.5. The van der Waals surface area contributed by atoms with Crippen LogP contribution in [0.3, 0.4) is 0 Å². The second kappa shape index (κ2) is 4.08. The highest BCUT2D eigenvalue weighted by Crippen LogP contribution is 2.35. The molecular formula is C11H12ClFO2. The quantitative estimate of drug-likeness (QED) is 0.803. The van der Waals surface area contributed by atoms with Gasteiger partial charge in [-0.25, -0.2) is 4.39 Å². The van der Waals surface area contributed by atoms with Crippen LogP contribution in [0.5, 0.6) is 0 Å². The van der Waals surface area contributed by atoms with Crippen LogP contribution >= 0.6 is 11.6 Å². The van der Waals surface area contributed by atoms with Crippen molar-refractivity contribution in [1.29, 1.82) is 0 Å². The first-order valence-electron chi connectivity index (χ1n) is 4.88. The van der Waals surface area contributed by atoms with E-state index in [9.17, 15) is 9.50 Å². The summed E-state index contributed by atoms with van der Waals surface area (Å²) in [6.07, 6.45) is 0.814. The maximum atomic E-state index is 13.7. The van der Waals surface area contributed by atoms with Gasteiger partial charge < -0.3 is 9.84 Å². The highest BCUT2D eigenvalue weighted by molar-refractivity contribution is 6.30. The van der Waals surface area contributed by atoms with Gasteiger partial charge in [-0.3, -0.25) is 0 Å². The van der Waals surface area contributed by atoms with E-state index >= 15 is 0 Å². The molecule has 1 fully saturated rings. The van der Waals surface area contributed by atoms with Gasteiger partial charge in [0.25, 0.3) is 0 Å². The van der Waals surface area contributed by atoms with Crippen LogP contribution in [0.15, 0.2) is 18.2 Å². The first-order chi connectivity index (χ1) is 7.13. The third-order valence-corrected chi connectivity index (χ3v) is 3.06. The molecule has 0 amide bonds. The van der Waals surface area contributed by atoms with Crippen molar-refractivity contribution in [2.24, 2.45) is 0 Å². The molecule has 0 radical (unpaired) electrons. The molecule has 1 aliphatic heterocycles. The van der Waals surface area contributed by atoms with Crippen molar-refractivity contribution in [1.82, 2.24) is 0 Å². The van der Waals surface area contributed by atoms with Crippen LogP contribution in [0.25, 0.3) is 0 Å². The van der Waals surface area contributed by atoms with Gasteiger partial charge in [0.2, 0.25) is 0 Å². The third-order valence-electron chi connectivity index (χ3n) is 2.77. The van der Waals surface area contributed by atoms with Crippen molar-refractivity contribution in [2.45, 2.75) is 18.4 Å². The SMILES string of the molecule is OC1(c2cccc(Cl)c2F)CCOCC1. The maximum Gasteiger partial charge on any atom is 0.147 e. The smallest absolute Gasteiger partial charge is 0.147 e. The lowest BCUT2D eigenvalue weighted by Gasteiger charge is -2.32. The standard InChI is InChI=1S/C11H12ClFO2/c12-9-3-1-2-8(10(9)13)11(14)4-6-15-7-5-11/h1-3,14H,4-7H2. The van der Waals surface area contributed by atoms with Gasteiger partial charge in [-0.15, -0.1) is 0 Å². The molecule has 0 saturated carbocycles. The minimum Gasteiger partial charge on any atom is -0.385 e. The lowest BCUT2D eigenvalue weighted by Crippen LogP contribution is -2.34. The van der Waals surface area contributed by atoms with Crippen molar-refractivity contribution < 1.29 is 14.2 Å². The predicted molar refractivity (Wildman–Crippen MR) is 55.4 cm³/mol. The summed E-state index contributed by atoms with van der Waals surface area (Å²) < 4.78 is 18.8. The van der Waals surface area contributed by atoms with Gasteiger partial charge in [0.1, 0.15) is 5.82 Å². The second-order valence-electron chi connectivity index (χ2n) is 3.75. The molecule has 15 heavy (non-hydrogen) atoms. The fourth-order valence-corrected chi connectivity index (χ4v) is 2.02. The number of ether oxygens (including phenoxy) is 1. The van der Waals surface area contributed by atoms with Crippen molar-refractivity contribution in [3.8, 4) is 0 Å². The molecule has 0 aromatic heterocycles. The van der Waals surface area contributed by atoms with E-state index in [1.54, 1.807) is 12.1 Å². The molecule has 1 N–H and O–H groups in total. The molecule has 1 aromatic carbocycles. The van der Waals surface area contributed by atoms with Crippen molar-refractivity contribution in [2.75, 3.05) is 13.2 Å². The number of rotatable bonds is 1. The van der Waals surface area contributed by atoms with E-state index in [1.165, 1.54) is 6.07 Å². The van der Waals surface area contributed by atoms with E-state index in [2.05, 4.69) is 0 Å². The first kappa shape index (κ1) is 10.9. The number of aliphatic hydroxyl groups is 1. The fourth-order valence-electron chi connectivity index (χ4n) is 1.84. The fraction of sp³-hybridized carbons (Fsp3) is 0.455. The summed E-state index contributed by atoms with van der Waals surface area (Å²) in [4.78, 5) is 0. The van der Waals surface area contributed by atoms with Crippen LogP contribution in [-0.2, 0) is 10.3 Å². The van der Waals surface area contributed by atoms with E-state index in [0.717, 1.165) is 0 Å². The van der Waals surface area contributed by atoms with Gasteiger partial charge in [-0.2, -0.15) is 0 Å². The molecule has 1 aromatic rings. The highest BCUT2D eigenvalue weighted by Gasteiger charge is 2.34. The molecule has 82 valence electrons. The normalized spacial score (nSPS) is 20.2. The molecule has 0 unspecified atom stereocenters. The molecule has 0 spiro atoms. The number of hydrogen-bond acceptors (Lipinski definition) is 2. The Hall–Kier alpha value is -0.640. The van der Waals surface area contributed by atoms with Crippen LogP contribution in [0, 0.1) is 5.82 Å². The van der Waals surface area contributed by atoms with E-state index in [4.69, 9.17) is 16.3 Å². The van der Waals surface area contributed by atoms with Crippen molar-refractivity contribution >= 4 is 11.6 Å². The summed E-state index contributed by atoms with van der Waals surface area (Å²) in [5.41, 5.74) is -0.856. The largest absolute Gasteiger partial charge is 0.385 e. The zero-order chi connectivity index (χ0) is 10.9. The molecule has 1 heterocycles. The van der Waals surface area contributed by atoms with E-state index in [1.807, 2.05) is 0 Å². The lowest BCUT2D eigenvalue weighted by molar-refractivity contribution is -0.0697. The average Bonchev–Trinajstić information content (AvgIpc) is 2.23. The molecule has 2 rings (SSSR count). The lowest BCUT2D eigenvalue weighted by atomic mass is 9.86. The Morgan fingerprint density at radius 2 is 2.00 bits per heavy atom. The molecular weight excluding hydrogens is 219 g/mol. The molecule has 1 saturated heterocycles. The second-order valence-corrected chi connectivity index (χ2v) is 4.15. The maximum absolute atomic E-state index is 13.7. The van der Waals surface area contributed by atoms with Gasteiger partial charge in [0, 0.05) is 31.6 Å². The molecule has 0 bridgehead atoms. The van der Waals surface area contributed by atoms with Crippen LogP contribution < -0.4 is 0 Å². The van der Waals surface area contributed by atoms with Gasteiger partial charge in [-0.1, -0.05) is 23.7 Å². The average molecular weight is 231 g/mol. The molecule has 2 nitrogen and oxygen atoms in total. The van der Waals surface area contributed by atoms with Crippen LogP contribution in [0.1, 0.15) is 18.4 Å². The summed E-state index contributed by atoms with van der Waals surface area (Å²) in [6.45, 7) is 0.894. The van der Waals surface area contributed by atoms with Gasteiger partial charge in [-0.05, 0) is 6.07 Å². The van der Waals surface area contributed by atoms with Crippen LogP contribution in [0.4, 0.5) is 4.39 Å². The first-order valence-corrected chi connectivity index (χ1v) is 5.26. The van der Waals surface area contributed by atoms with Crippen molar-refractivity contribution in [3.05, 3.63) is 34.6 Å². The summed E-state index contributed by atoms with van der Waals surface area (Å²) in [7, 11) is 0. The molecule has 1 aliphatic rings. The Bertz CT molecular complexity index is 362. The van der Waals surface area contributed by atoms with Gasteiger partial charge in [0.15, 0.2) is 0 Å². The van der Waals surface area contributed by atoms with Crippen molar-refractivity contribution in [3.63, 3.8) is 0 Å². The molecule has 0 atom stereocenters. The Balaban J connectivity index is 2.39. The Morgan fingerprint density at radius 3 is 2.67 bits per heavy atom. The summed E-state index contributed by atoms with van der Waals surface area (Å²) >= 11 is 5.68. The van der Waals surface area contributed by atoms with Gasteiger partial charge >= 0.3 is 0 Å². The Kier molecular flexibility index (Phi) is 2.96. The number of benzene rings is 1. The summed E-state index contributed by atoms with van der Waals surface area (Å²) in [6, 6.07) is 4.70. The van der Waals surface area contributed by atoms with E-state index in [0.29, 0.717) is 26.1 Å². The zero-order valence-electron chi connectivity index (χ0n) is 8.17. The Labute approximate surface area is 92.6 Å². The third kappa shape index (κ3) is 2.00. The number of halogens is 2. The van der Waals surface area contributed by atoms with E-state index in [-0.39, 0.29) is 10.6 Å². The number of hydrogen-bond donors (Lipinski definition) is 1. The zero-order valence-corrected chi connectivity index (χ0v) is 8.93. The van der Waals surface area contributed by atoms with E-state index < -0.39 is 11.4 Å². The van der Waals surface area contributed by atoms with Gasteiger partial charge in [0.05, 0.1) is 10.6 Å². The molecule has 4 heteroatoms. The predicted octanol–water partition coefficient (Wildman–Crippen LogP) is 2.48. The topological polar surface area (TPSA) is 29.5 Å². The minimum atomic E-state index is -1.13. The summed E-state index contributed by atoms with van der Waals surface area (Å²) in [5, 5.41) is 10.3. The minimum absolute atomic E-state index is 0.0485. The Morgan fingerprint density at radius 1 is 1.33 bits per heavy atom. The van der Waals surface area contributed by atoms with Crippen LogP contribution in [0.2, 0.25) is 5.02 Å². The van der Waals surface area contributed by atoms with Crippen LogP contribution in [-0.4, -0.2) is 18.3 Å². The molecule has 0 aliphatic carbocycles. The summed E-state index contributed by atoms with van der Waals surface area (Å²) in [5.74, 6) is -0.524. The monoisotopic (exact) mass is 230 g/mol.